The first kappa shape index (κ1) is 19.7. The number of H-pyrrole nitrogens is 1. The van der Waals surface area contributed by atoms with E-state index in [2.05, 4.69) is 10.2 Å². The maximum atomic E-state index is 12.7. The van der Waals surface area contributed by atoms with E-state index in [1.165, 1.54) is 12.1 Å². The SMILES string of the molecule is NC(=O)c1cc(C2CCN(C(=O)COc3cccc(C(F)(F)F)c3)CC2)[nH]n1. The predicted octanol–water partition coefficient (Wildman–Crippen LogP) is 2.31. The van der Waals surface area contributed by atoms with Gasteiger partial charge in [0.1, 0.15) is 11.4 Å². The van der Waals surface area contributed by atoms with Gasteiger partial charge in [-0.2, -0.15) is 18.3 Å². The average molecular weight is 396 g/mol. The minimum Gasteiger partial charge on any atom is -0.484 e. The maximum absolute atomic E-state index is 12.7. The van der Waals surface area contributed by atoms with Gasteiger partial charge in [0, 0.05) is 24.7 Å². The van der Waals surface area contributed by atoms with Crippen molar-refractivity contribution in [2.75, 3.05) is 19.7 Å². The highest BCUT2D eigenvalue weighted by Gasteiger charge is 2.31. The summed E-state index contributed by atoms with van der Waals surface area (Å²) < 4.78 is 43.4. The van der Waals surface area contributed by atoms with Crippen LogP contribution in [0.5, 0.6) is 5.75 Å². The van der Waals surface area contributed by atoms with Crippen molar-refractivity contribution in [2.45, 2.75) is 24.9 Å². The van der Waals surface area contributed by atoms with Crippen LogP contribution in [-0.2, 0) is 11.0 Å². The Balaban J connectivity index is 1.51. The molecule has 0 saturated carbocycles. The molecule has 1 aliphatic heterocycles. The zero-order valence-electron chi connectivity index (χ0n) is 14.8. The Labute approximate surface area is 158 Å². The van der Waals surface area contributed by atoms with Crippen LogP contribution in [0.2, 0.25) is 0 Å². The molecule has 1 aromatic carbocycles. The molecule has 150 valence electrons. The zero-order valence-corrected chi connectivity index (χ0v) is 14.8. The lowest BCUT2D eigenvalue weighted by Gasteiger charge is -2.31. The van der Waals surface area contributed by atoms with E-state index in [0.29, 0.717) is 25.9 Å². The van der Waals surface area contributed by atoms with Gasteiger partial charge in [-0.05, 0) is 37.1 Å². The third kappa shape index (κ3) is 4.62. The molecule has 28 heavy (non-hydrogen) atoms. The Morgan fingerprint density at radius 2 is 1.96 bits per heavy atom. The molecule has 1 aliphatic rings. The number of aromatic nitrogens is 2. The van der Waals surface area contributed by atoms with Gasteiger partial charge in [0.2, 0.25) is 0 Å². The molecule has 1 saturated heterocycles. The van der Waals surface area contributed by atoms with E-state index < -0.39 is 17.6 Å². The van der Waals surface area contributed by atoms with Crippen molar-refractivity contribution in [3.05, 3.63) is 47.3 Å². The largest absolute Gasteiger partial charge is 0.484 e. The van der Waals surface area contributed by atoms with Gasteiger partial charge < -0.3 is 15.4 Å². The van der Waals surface area contributed by atoms with Crippen LogP contribution in [0.1, 0.15) is 40.5 Å². The first-order valence-electron chi connectivity index (χ1n) is 8.67. The number of rotatable bonds is 5. The van der Waals surface area contributed by atoms with E-state index in [4.69, 9.17) is 10.5 Å². The Hall–Kier alpha value is -3.04. The van der Waals surface area contributed by atoms with Crippen LogP contribution in [0.4, 0.5) is 13.2 Å². The number of halogens is 3. The van der Waals surface area contributed by atoms with E-state index in [0.717, 1.165) is 17.8 Å². The highest BCUT2D eigenvalue weighted by Crippen LogP contribution is 2.31. The second-order valence-electron chi connectivity index (χ2n) is 6.54. The third-order valence-electron chi connectivity index (χ3n) is 4.66. The molecule has 1 fully saturated rings. The minimum absolute atomic E-state index is 0.00509. The van der Waals surface area contributed by atoms with Gasteiger partial charge >= 0.3 is 6.18 Å². The van der Waals surface area contributed by atoms with Gasteiger partial charge in [-0.25, -0.2) is 0 Å². The summed E-state index contributed by atoms with van der Waals surface area (Å²) in [5.74, 6) is -0.788. The predicted molar refractivity (Wildman–Crippen MR) is 92.6 cm³/mol. The first-order chi connectivity index (χ1) is 13.2. The second-order valence-corrected chi connectivity index (χ2v) is 6.54. The number of benzene rings is 1. The van der Waals surface area contributed by atoms with Gasteiger partial charge in [-0.1, -0.05) is 6.07 Å². The Bertz CT molecular complexity index is 858. The van der Waals surface area contributed by atoms with Crippen molar-refractivity contribution in [1.82, 2.24) is 15.1 Å². The number of nitrogens with zero attached hydrogens (tertiary/aromatic N) is 2. The van der Waals surface area contributed by atoms with Gasteiger partial charge in [-0.15, -0.1) is 0 Å². The zero-order chi connectivity index (χ0) is 20.3. The van der Waals surface area contributed by atoms with Gasteiger partial charge in [0.25, 0.3) is 11.8 Å². The van der Waals surface area contributed by atoms with Crippen molar-refractivity contribution >= 4 is 11.8 Å². The lowest BCUT2D eigenvalue weighted by atomic mass is 9.93. The van der Waals surface area contributed by atoms with Crippen molar-refractivity contribution in [2.24, 2.45) is 5.73 Å². The quantitative estimate of drug-likeness (QED) is 0.810. The van der Waals surface area contributed by atoms with Crippen molar-refractivity contribution < 1.29 is 27.5 Å². The first-order valence-corrected chi connectivity index (χ1v) is 8.67. The van der Waals surface area contributed by atoms with E-state index >= 15 is 0 Å². The summed E-state index contributed by atoms with van der Waals surface area (Å²) >= 11 is 0. The summed E-state index contributed by atoms with van der Waals surface area (Å²) in [6.07, 6.45) is -3.14. The molecule has 0 bridgehead atoms. The van der Waals surface area contributed by atoms with Crippen LogP contribution >= 0.6 is 0 Å². The number of primary amides is 1. The van der Waals surface area contributed by atoms with Crippen LogP contribution in [0, 0.1) is 0 Å². The summed E-state index contributed by atoms with van der Waals surface area (Å²) in [5.41, 5.74) is 5.32. The smallest absolute Gasteiger partial charge is 0.416 e. The number of piperidine rings is 1. The Morgan fingerprint density at radius 1 is 1.25 bits per heavy atom. The maximum Gasteiger partial charge on any atom is 0.416 e. The number of carbonyl (C=O) groups is 2. The normalized spacial score (nSPS) is 15.5. The lowest BCUT2D eigenvalue weighted by molar-refractivity contribution is -0.137. The van der Waals surface area contributed by atoms with Crippen molar-refractivity contribution in [3.63, 3.8) is 0 Å². The highest BCUT2D eigenvalue weighted by molar-refractivity contribution is 5.90. The molecule has 1 aromatic heterocycles. The van der Waals surface area contributed by atoms with Crippen LogP contribution in [-0.4, -0.2) is 46.6 Å². The third-order valence-corrected chi connectivity index (χ3v) is 4.66. The van der Waals surface area contributed by atoms with E-state index in [-0.39, 0.29) is 29.9 Å². The molecule has 0 atom stereocenters. The topological polar surface area (TPSA) is 101 Å². The number of ether oxygens (including phenoxy) is 1. The molecule has 3 N–H and O–H groups in total. The van der Waals surface area contributed by atoms with E-state index in [1.807, 2.05) is 0 Å². The number of aromatic amines is 1. The van der Waals surface area contributed by atoms with Gasteiger partial charge in [0.15, 0.2) is 6.61 Å². The monoisotopic (exact) mass is 396 g/mol. The molecular weight excluding hydrogens is 377 g/mol. The van der Waals surface area contributed by atoms with Crippen molar-refractivity contribution in [3.8, 4) is 5.75 Å². The molecule has 0 radical (unpaired) electrons. The second kappa shape index (κ2) is 7.91. The van der Waals surface area contributed by atoms with Crippen LogP contribution in [0.25, 0.3) is 0 Å². The molecule has 0 aliphatic carbocycles. The number of likely N-dealkylation sites (tertiary alicyclic amines) is 1. The molecular formula is C18H19F3N4O3. The average Bonchev–Trinajstić information content (AvgIpc) is 3.16. The summed E-state index contributed by atoms with van der Waals surface area (Å²) in [6, 6.07) is 6.04. The fourth-order valence-corrected chi connectivity index (χ4v) is 3.11. The fourth-order valence-electron chi connectivity index (χ4n) is 3.11. The molecule has 0 spiro atoms. The molecule has 3 rings (SSSR count). The molecule has 10 heteroatoms. The number of alkyl halides is 3. The van der Waals surface area contributed by atoms with E-state index in [1.54, 1.807) is 11.0 Å². The highest BCUT2D eigenvalue weighted by atomic mass is 19.4. The summed E-state index contributed by atoms with van der Waals surface area (Å²) in [4.78, 5) is 25.0. The van der Waals surface area contributed by atoms with Crippen LogP contribution < -0.4 is 10.5 Å². The van der Waals surface area contributed by atoms with Crippen molar-refractivity contribution in [1.29, 1.82) is 0 Å². The lowest BCUT2D eigenvalue weighted by Crippen LogP contribution is -2.40. The number of carbonyl (C=O) groups excluding carboxylic acids is 2. The summed E-state index contributed by atoms with van der Waals surface area (Å²) in [6.45, 7) is 0.614. The number of nitrogens with two attached hydrogens (primary N) is 1. The fraction of sp³-hybridized carbons (Fsp3) is 0.389. The van der Waals surface area contributed by atoms with Crippen LogP contribution in [0.15, 0.2) is 30.3 Å². The standard InChI is InChI=1S/C18H19F3N4O3/c19-18(20,21)12-2-1-3-13(8-12)28-10-16(26)25-6-4-11(5-7-25)14-9-15(17(22)27)24-23-14/h1-3,8-9,11H,4-7,10H2,(H2,22,27)(H,23,24). The molecule has 7 nitrogen and oxygen atoms in total. The Morgan fingerprint density at radius 3 is 2.57 bits per heavy atom. The number of hydrogen-bond acceptors (Lipinski definition) is 4. The summed E-state index contributed by atoms with van der Waals surface area (Å²) in [7, 11) is 0. The number of nitrogens with one attached hydrogen (secondary N) is 1. The number of hydrogen-bond donors (Lipinski definition) is 2. The summed E-state index contributed by atoms with van der Waals surface area (Å²) in [5, 5.41) is 6.65. The van der Waals surface area contributed by atoms with Crippen LogP contribution in [0.3, 0.4) is 0 Å². The molecule has 2 amide bonds. The Kier molecular flexibility index (Phi) is 5.57. The van der Waals surface area contributed by atoms with Gasteiger partial charge in [-0.3, -0.25) is 14.7 Å². The molecule has 2 heterocycles. The molecule has 0 unspecified atom stereocenters. The number of amides is 2. The minimum atomic E-state index is -4.47. The van der Waals surface area contributed by atoms with E-state index in [9.17, 15) is 22.8 Å². The van der Waals surface area contributed by atoms with Gasteiger partial charge in [0.05, 0.1) is 5.56 Å². The molecule has 2 aromatic rings.